The zero-order chi connectivity index (χ0) is 20.6. The molecule has 0 unspecified atom stereocenters. The SMILES string of the molecule is O=C(NCC1CCCC1)c1cccc(Nc2ccc(OCc3ccccn3)cc2)c1. The van der Waals surface area contributed by atoms with Gasteiger partial charge in [-0.1, -0.05) is 25.0 Å². The molecule has 1 saturated carbocycles. The number of hydrogen-bond donors (Lipinski definition) is 2. The Labute approximate surface area is 177 Å². The number of aromatic nitrogens is 1. The molecule has 1 aliphatic rings. The van der Waals surface area contributed by atoms with Crippen LogP contribution in [-0.4, -0.2) is 17.4 Å². The Morgan fingerprint density at radius 2 is 1.80 bits per heavy atom. The lowest BCUT2D eigenvalue weighted by atomic mass is 10.1. The lowest BCUT2D eigenvalue weighted by molar-refractivity contribution is 0.0947. The van der Waals surface area contributed by atoms with Crippen molar-refractivity contribution in [3.05, 3.63) is 84.2 Å². The van der Waals surface area contributed by atoms with Crippen LogP contribution in [0.5, 0.6) is 5.75 Å². The first kappa shape index (κ1) is 20.0. The number of pyridine rings is 1. The normalized spacial score (nSPS) is 13.7. The molecule has 154 valence electrons. The number of nitrogens with zero attached hydrogens (tertiary/aromatic N) is 1. The minimum absolute atomic E-state index is 0.0104. The number of benzene rings is 2. The van der Waals surface area contributed by atoms with Gasteiger partial charge in [0.15, 0.2) is 0 Å². The largest absolute Gasteiger partial charge is 0.487 e. The van der Waals surface area contributed by atoms with E-state index in [4.69, 9.17) is 4.74 Å². The number of hydrogen-bond acceptors (Lipinski definition) is 4. The third-order valence-corrected chi connectivity index (χ3v) is 5.41. The van der Waals surface area contributed by atoms with Crippen LogP contribution in [0.4, 0.5) is 11.4 Å². The van der Waals surface area contributed by atoms with E-state index in [9.17, 15) is 4.79 Å². The Kier molecular flexibility index (Phi) is 6.60. The maximum absolute atomic E-state index is 12.5. The Hall–Kier alpha value is -3.34. The van der Waals surface area contributed by atoms with Gasteiger partial charge in [0.2, 0.25) is 0 Å². The minimum Gasteiger partial charge on any atom is -0.487 e. The van der Waals surface area contributed by atoms with Gasteiger partial charge in [0.05, 0.1) is 5.69 Å². The first-order chi connectivity index (χ1) is 14.8. The fourth-order valence-corrected chi connectivity index (χ4v) is 3.73. The van der Waals surface area contributed by atoms with Gasteiger partial charge in [-0.05, 0) is 73.4 Å². The third-order valence-electron chi connectivity index (χ3n) is 5.41. The molecule has 0 atom stereocenters. The molecule has 1 amide bonds. The van der Waals surface area contributed by atoms with E-state index in [0.29, 0.717) is 18.1 Å². The van der Waals surface area contributed by atoms with Crippen LogP contribution in [0.25, 0.3) is 0 Å². The topological polar surface area (TPSA) is 63.2 Å². The molecule has 5 nitrogen and oxygen atoms in total. The fourth-order valence-electron chi connectivity index (χ4n) is 3.73. The quantitative estimate of drug-likeness (QED) is 0.536. The van der Waals surface area contributed by atoms with Gasteiger partial charge in [-0.3, -0.25) is 9.78 Å². The van der Waals surface area contributed by atoms with Crippen molar-refractivity contribution in [1.82, 2.24) is 10.3 Å². The molecule has 0 spiro atoms. The third kappa shape index (κ3) is 5.60. The highest BCUT2D eigenvalue weighted by molar-refractivity contribution is 5.95. The summed E-state index contributed by atoms with van der Waals surface area (Å²) in [5, 5.41) is 6.43. The van der Waals surface area contributed by atoms with Gasteiger partial charge in [-0.15, -0.1) is 0 Å². The van der Waals surface area contributed by atoms with Crippen LogP contribution in [0.2, 0.25) is 0 Å². The van der Waals surface area contributed by atoms with Crippen molar-refractivity contribution in [2.45, 2.75) is 32.3 Å². The van der Waals surface area contributed by atoms with Crippen LogP contribution in [0.1, 0.15) is 41.7 Å². The minimum atomic E-state index is -0.0104. The summed E-state index contributed by atoms with van der Waals surface area (Å²) in [6.07, 6.45) is 6.78. The van der Waals surface area contributed by atoms with Gasteiger partial charge in [-0.2, -0.15) is 0 Å². The molecule has 1 fully saturated rings. The monoisotopic (exact) mass is 401 g/mol. The second kappa shape index (κ2) is 9.92. The summed E-state index contributed by atoms with van der Waals surface area (Å²) in [4.78, 5) is 16.7. The summed E-state index contributed by atoms with van der Waals surface area (Å²) >= 11 is 0. The van der Waals surface area contributed by atoms with Crippen LogP contribution in [0.15, 0.2) is 72.9 Å². The van der Waals surface area contributed by atoms with Crippen molar-refractivity contribution < 1.29 is 9.53 Å². The van der Waals surface area contributed by atoms with Crippen molar-refractivity contribution in [2.75, 3.05) is 11.9 Å². The van der Waals surface area contributed by atoms with Gasteiger partial charge in [0.25, 0.3) is 5.91 Å². The number of rotatable bonds is 8. The molecule has 1 aliphatic carbocycles. The Bertz CT molecular complexity index is 952. The van der Waals surface area contributed by atoms with E-state index >= 15 is 0 Å². The van der Waals surface area contributed by atoms with Gasteiger partial charge in [0, 0.05) is 29.7 Å². The predicted molar refractivity (Wildman–Crippen MR) is 119 cm³/mol. The van der Waals surface area contributed by atoms with E-state index in [1.165, 1.54) is 25.7 Å². The number of amides is 1. The van der Waals surface area contributed by atoms with E-state index in [0.717, 1.165) is 29.4 Å². The summed E-state index contributed by atoms with van der Waals surface area (Å²) in [6, 6.07) is 21.1. The standard InChI is InChI=1S/C25H27N3O2/c29-25(27-17-19-6-1-2-7-19)20-8-5-10-22(16-20)28-21-11-13-24(14-12-21)30-18-23-9-3-4-15-26-23/h3-5,8-16,19,28H,1-2,6-7,17-18H2,(H,27,29). The Morgan fingerprint density at radius 1 is 0.967 bits per heavy atom. The molecule has 5 heteroatoms. The highest BCUT2D eigenvalue weighted by atomic mass is 16.5. The molecular formula is C25H27N3O2. The maximum atomic E-state index is 12.5. The van der Waals surface area contributed by atoms with Crippen LogP contribution < -0.4 is 15.4 Å². The maximum Gasteiger partial charge on any atom is 0.251 e. The van der Waals surface area contributed by atoms with Crippen LogP contribution in [0, 0.1) is 5.92 Å². The molecule has 30 heavy (non-hydrogen) atoms. The summed E-state index contributed by atoms with van der Waals surface area (Å²) in [6.45, 7) is 1.21. The molecule has 4 rings (SSSR count). The number of carbonyl (C=O) groups is 1. The van der Waals surface area contributed by atoms with Crippen molar-refractivity contribution in [2.24, 2.45) is 5.92 Å². The van der Waals surface area contributed by atoms with E-state index in [2.05, 4.69) is 15.6 Å². The van der Waals surface area contributed by atoms with Crippen LogP contribution in [-0.2, 0) is 6.61 Å². The Balaban J connectivity index is 1.31. The van der Waals surface area contributed by atoms with Gasteiger partial charge in [-0.25, -0.2) is 0 Å². The summed E-state index contributed by atoms with van der Waals surface area (Å²) in [7, 11) is 0. The predicted octanol–water partition coefficient (Wildman–Crippen LogP) is 5.32. The molecule has 2 N–H and O–H groups in total. The van der Waals surface area contributed by atoms with Crippen molar-refractivity contribution in [1.29, 1.82) is 0 Å². The average molecular weight is 402 g/mol. The van der Waals surface area contributed by atoms with Gasteiger partial charge >= 0.3 is 0 Å². The number of carbonyl (C=O) groups excluding carboxylic acids is 1. The molecular weight excluding hydrogens is 374 g/mol. The molecule has 0 saturated heterocycles. The molecule has 0 radical (unpaired) electrons. The molecule has 2 aromatic carbocycles. The highest BCUT2D eigenvalue weighted by Crippen LogP contribution is 2.24. The molecule has 1 aromatic heterocycles. The summed E-state index contributed by atoms with van der Waals surface area (Å²) < 4.78 is 5.77. The number of nitrogens with one attached hydrogen (secondary N) is 2. The summed E-state index contributed by atoms with van der Waals surface area (Å²) in [5.74, 6) is 1.41. The lowest BCUT2D eigenvalue weighted by Gasteiger charge is -2.12. The Morgan fingerprint density at radius 3 is 2.57 bits per heavy atom. The second-order valence-electron chi connectivity index (χ2n) is 7.70. The number of ether oxygens (including phenoxy) is 1. The zero-order valence-corrected chi connectivity index (χ0v) is 17.0. The molecule has 1 heterocycles. The highest BCUT2D eigenvalue weighted by Gasteiger charge is 2.16. The van der Waals surface area contributed by atoms with E-state index in [1.807, 2.05) is 66.7 Å². The smallest absolute Gasteiger partial charge is 0.251 e. The molecule has 3 aromatic rings. The molecule has 0 aliphatic heterocycles. The van der Waals surface area contributed by atoms with Gasteiger partial charge < -0.3 is 15.4 Å². The van der Waals surface area contributed by atoms with Crippen LogP contribution in [0.3, 0.4) is 0 Å². The van der Waals surface area contributed by atoms with E-state index in [-0.39, 0.29) is 5.91 Å². The lowest BCUT2D eigenvalue weighted by Crippen LogP contribution is -2.28. The second-order valence-corrected chi connectivity index (χ2v) is 7.70. The average Bonchev–Trinajstić information content (AvgIpc) is 3.32. The zero-order valence-electron chi connectivity index (χ0n) is 17.0. The first-order valence-corrected chi connectivity index (χ1v) is 10.5. The number of anilines is 2. The van der Waals surface area contributed by atoms with E-state index in [1.54, 1.807) is 6.20 Å². The van der Waals surface area contributed by atoms with Gasteiger partial charge in [0.1, 0.15) is 12.4 Å². The summed E-state index contributed by atoms with van der Waals surface area (Å²) in [5.41, 5.74) is 3.38. The van der Waals surface area contributed by atoms with Crippen LogP contribution >= 0.6 is 0 Å². The van der Waals surface area contributed by atoms with E-state index < -0.39 is 0 Å². The van der Waals surface area contributed by atoms with Crippen molar-refractivity contribution in [3.63, 3.8) is 0 Å². The van der Waals surface area contributed by atoms with Crippen molar-refractivity contribution in [3.8, 4) is 5.75 Å². The first-order valence-electron chi connectivity index (χ1n) is 10.5. The molecule has 0 bridgehead atoms. The van der Waals surface area contributed by atoms with Crippen molar-refractivity contribution >= 4 is 17.3 Å². The fraction of sp³-hybridized carbons (Fsp3) is 0.280.